The molecule has 0 aromatic rings. The molecule has 5 nitrogen and oxygen atoms in total. The Kier molecular flexibility index (Phi) is 19.9. The minimum Gasteiger partial charge on any atom is -0.317 e. The zero-order valence-corrected chi connectivity index (χ0v) is 18.6. The molecule has 158 valence electrons. The van der Waals surface area contributed by atoms with Crippen molar-refractivity contribution in [1.82, 2.24) is 10.4 Å². The maximum Gasteiger partial charge on any atom is 0.405 e. The van der Waals surface area contributed by atoms with Crippen LogP contribution in [0.5, 0.6) is 0 Å². The van der Waals surface area contributed by atoms with Crippen molar-refractivity contribution in [3.05, 3.63) is 0 Å². The van der Waals surface area contributed by atoms with Crippen LogP contribution in [0.2, 0.25) is 0 Å². The molecular formula is C20H45N2O3P. The van der Waals surface area contributed by atoms with E-state index in [1.54, 1.807) is 0 Å². The van der Waals surface area contributed by atoms with E-state index in [1.807, 2.05) is 7.05 Å². The van der Waals surface area contributed by atoms with E-state index in [1.165, 1.54) is 90.6 Å². The second-order valence-electron chi connectivity index (χ2n) is 7.12. The number of nitrogens with one attached hydrogen (secondary N) is 2. The van der Waals surface area contributed by atoms with Gasteiger partial charge < -0.3 is 9.84 Å². The third kappa shape index (κ3) is 17.5. The number of unbranched alkanes of at least 4 members (excludes halogenated alkanes) is 13. The Morgan fingerprint density at radius 2 is 1.19 bits per heavy atom. The first-order chi connectivity index (χ1) is 12.7. The molecule has 0 saturated carbocycles. The predicted octanol–water partition coefficient (Wildman–Crippen LogP) is 6.05. The fourth-order valence-electron chi connectivity index (χ4n) is 2.97. The molecule has 0 fully saturated rings. The molecule has 0 aromatic carbocycles. The van der Waals surface area contributed by atoms with Gasteiger partial charge in [-0.2, -0.15) is 0 Å². The molecule has 0 heterocycles. The first-order valence-corrected chi connectivity index (χ1v) is 12.4. The molecule has 0 aliphatic heterocycles. The van der Waals surface area contributed by atoms with Crippen molar-refractivity contribution in [2.75, 3.05) is 33.9 Å². The molecule has 0 rings (SSSR count). The van der Waals surface area contributed by atoms with Gasteiger partial charge in [0.2, 0.25) is 0 Å². The smallest absolute Gasteiger partial charge is 0.317 e. The molecule has 0 aliphatic carbocycles. The third-order valence-electron chi connectivity index (χ3n) is 4.69. The molecule has 0 saturated heterocycles. The highest BCUT2D eigenvalue weighted by atomic mass is 31.2. The molecule has 0 aromatic heterocycles. The van der Waals surface area contributed by atoms with E-state index in [4.69, 9.17) is 9.05 Å². The van der Waals surface area contributed by atoms with E-state index in [2.05, 4.69) is 17.3 Å². The van der Waals surface area contributed by atoms with Crippen LogP contribution in [-0.2, 0) is 13.6 Å². The van der Waals surface area contributed by atoms with Crippen LogP contribution >= 0.6 is 7.75 Å². The lowest BCUT2D eigenvalue weighted by Gasteiger charge is -2.17. The molecular weight excluding hydrogens is 347 g/mol. The number of likely N-dealkylation sites (N-methyl/N-ethyl adjacent to an activating group) is 1. The van der Waals surface area contributed by atoms with Gasteiger partial charge in [0.1, 0.15) is 0 Å². The maximum atomic E-state index is 12.2. The molecule has 2 N–H and O–H groups in total. The summed E-state index contributed by atoms with van der Waals surface area (Å²) >= 11 is 0. The summed E-state index contributed by atoms with van der Waals surface area (Å²) in [4.78, 5) is 0. The molecule has 0 amide bonds. The van der Waals surface area contributed by atoms with Gasteiger partial charge in [0.15, 0.2) is 0 Å². The van der Waals surface area contributed by atoms with Gasteiger partial charge in [-0.1, -0.05) is 90.4 Å². The number of rotatable bonds is 21. The van der Waals surface area contributed by atoms with E-state index in [9.17, 15) is 4.57 Å². The van der Waals surface area contributed by atoms with Gasteiger partial charge in [0.05, 0.1) is 6.61 Å². The second-order valence-corrected chi connectivity index (χ2v) is 9.06. The predicted molar refractivity (Wildman–Crippen MR) is 113 cm³/mol. The van der Waals surface area contributed by atoms with Crippen LogP contribution in [0.15, 0.2) is 0 Å². The largest absolute Gasteiger partial charge is 0.405 e. The quantitative estimate of drug-likeness (QED) is 0.184. The van der Waals surface area contributed by atoms with Gasteiger partial charge in [0.25, 0.3) is 0 Å². The highest BCUT2D eigenvalue weighted by Gasteiger charge is 2.21. The van der Waals surface area contributed by atoms with Crippen LogP contribution in [0.1, 0.15) is 96.8 Å². The standard InChI is InChI=1S/C20H45N2O3P/c1-4-5-6-7-8-9-10-11-12-13-14-15-16-17-18-22-26(23,24-3)25-20-19-21-2/h21H,4-20H2,1-3H3,(H,22,23). The van der Waals surface area contributed by atoms with Crippen molar-refractivity contribution in [2.24, 2.45) is 0 Å². The lowest BCUT2D eigenvalue weighted by Crippen LogP contribution is -2.19. The monoisotopic (exact) mass is 392 g/mol. The summed E-state index contributed by atoms with van der Waals surface area (Å²) in [6, 6.07) is 0. The Labute approximate surface area is 163 Å². The van der Waals surface area contributed by atoms with E-state index in [0.29, 0.717) is 19.7 Å². The van der Waals surface area contributed by atoms with Gasteiger partial charge in [-0.3, -0.25) is 4.52 Å². The summed E-state index contributed by atoms with van der Waals surface area (Å²) in [7, 11) is 0.159. The van der Waals surface area contributed by atoms with Crippen molar-refractivity contribution in [3.63, 3.8) is 0 Å². The van der Waals surface area contributed by atoms with Crippen molar-refractivity contribution < 1.29 is 13.6 Å². The molecule has 1 unspecified atom stereocenters. The van der Waals surface area contributed by atoms with Crippen LogP contribution in [-0.4, -0.2) is 33.9 Å². The normalized spacial score (nSPS) is 13.8. The number of hydrogen-bond acceptors (Lipinski definition) is 4. The van der Waals surface area contributed by atoms with E-state index >= 15 is 0 Å². The molecule has 26 heavy (non-hydrogen) atoms. The topological polar surface area (TPSA) is 59.6 Å². The van der Waals surface area contributed by atoms with Crippen molar-refractivity contribution in [1.29, 1.82) is 0 Å². The zero-order chi connectivity index (χ0) is 19.3. The van der Waals surface area contributed by atoms with E-state index in [-0.39, 0.29) is 0 Å². The Hall–Kier alpha value is 0.0700. The Morgan fingerprint density at radius 1 is 0.731 bits per heavy atom. The van der Waals surface area contributed by atoms with Crippen molar-refractivity contribution in [3.8, 4) is 0 Å². The molecule has 0 radical (unpaired) electrons. The van der Waals surface area contributed by atoms with Crippen LogP contribution in [0, 0.1) is 0 Å². The summed E-state index contributed by atoms with van der Waals surface area (Å²) in [6.45, 7) is 4.00. The van der Waals surface area contributed by atoms with E-state index in [0.717, 1.165) is 6.42 Å². The Balaban J connectivity index is 3.31. The molecule has 0 spiro atoms. The van der Waals surface area contributed by atoms with Gasteiger partial charge in [-0.05, 0) is 13.5 Å². The minimum atomic E-state index is -3.11. The fourth-order valence-corrected chi connectivity index (χ4v) is 4.06. The number of hydrogen-bond donors (Lipinski definition) is 2. The van der Waals surface area contributed by atoms with Crippen molar-refractivity contribution >= 4 is 7.75 Å². The highest BCUT2D eigenvalue weighted by molar-refractivity contribution is 7.51. The average molecular weight is 393 g/mol. The van der Waals surface area contributed by atoms with Crippen LogP contribution < -0.4 is 10.4 Å². The van der Waals surface area contributed by atoms with Crippen LogP contribution in [0.4, 0.5) is 0 Å². The summed E-state index contributed by atoms with van der Waals surface area (Å²) in [6.07, 6.45) is 18.8. The van der Waals surface area contributed by atoms with E-state index < -0.39 is 7.75 Å². The molecule has 0 bridgehead atoms. The van der Waals surface area contributed by atoms with Gasteiger partial charge >= 0.3 is 7.75 Å². The molecule has 1 atom stereocenters. The van der Waals surface area contributed by atoms with Crippen LogP contribution in [0.3, 0.4) is 0 Å². The van der Waals surface area contributed by atoms with Gasteiger partial charge in [0, 0.05) is 20.2 Å². The Bertz CT molecular complexity index is 330. The lowest BCUT2D eigenvalue weighted by atomic mass is 10.0. The zero-order valence-electron chi connectivity index (χ0n) is 17.7. The lowest BCUT2D eigenvalue weighted by molar-refractivity contribution is 0.225. The van der Waals surface area contributed by atoms with Gasteiger partial charge in [-0.15, -0.1) is 0 Å². The first-order valence-electron chi connectivity index (χ1n) is 10.9. The SMILES string of the molecule is CCCCCCCCCCCCCCCCNP(=O)(OC)OCCNC. The third-order valence-corrected chi connectivity index (χ3v) is 6.30. The second kappa shape index (κ2) is 19.8. The fraction of sp³-hybridized carbons (Fsp3) is 1.00. The Morgan fingerprint density at radius 3 is 1.62 bits per heavy atom. The summed E-state index contributed by atoms with van der Waals surface area (Å²) < 4.78 is 22.5. The maximum absolute atomic E-state index is 12.2. The molecule has 6 heteroatoms. The highest BCUT2D eigenvalue weighted by Crippen LogP contribution is 2.42. The summed E-state index contributed by atoms with van der Waals surface area (Å²) in [5.74, 6) is 0. The van der Waals surface area contributed by atoms with Crippen LogP contribution in [0.25, 0.3) is 0 Å². The first kappa shape index (κ1) is 26.1. The molecule has 0 aliphatic rings. The summed E-state index contributed by atoms with van der Waals surface area (Å²) in [5, 5.41) is 5.89. The minimum absolute atomic E-state index is 0.382. The van der Waals surface area contributed by atoms with Crippen molar-refractivity contribution in [2.45, 2.75) is 96.8 Å². The average Bonchev–Trinajstić information content (AvgIpc) is 2.65. The van der Waals surface area contributed by atoms with Gasteiger partial charge in [-0.25, -0.2) is 9.65 Å². The summed E-state index contributed by atoms with van der Waals surface area (Å²) in [5.41, 5.74) is 0.